The number of rotatable bonds is 5. The number of fused-ring (bicyclic) bond motifs is 1. The highest BCUT2D eigenvalue weighted by Crippen LogP contribution is 2.24. The third kappa shape index (κ3) is 4.42. The van der Waals surface area contributed by atoms with E-state index in [1.807, 2.05) is 31.2 Å². The maximum atomic E-state index is 12.9. The van der Waals surface area contributed by atoms with Gasteiger partial charge in [-0.3, -0.25) is 14.6 Å². The van der Waals surface area contributed by atoms with Crippen molar-refractivity contribution in [1.29, 1.82) is 10.5 Å². The molecule has 0 bridgehead atoms. The number of anilines is 1. The number of aliphatic imine (C=N–C) groups is 1. The summed E-state index contributed by atoms with van der Waals surface area (Å²) in [5, 5.41) is 22.8. The molecule has 9 nitrogen and oxygen atoms in total. The minimum Gasteiger partial charge on any atom is -0.461 e. The molecule has 1 aromatic carbocycles. The van der Waals surface area contributed by atoms with Crippen LogP contribution in [0.1, 0.15) is 25.0 Å². The Bertz CT molecular complexity index is 1130. The van der Waals surface area contributed by atoms with Gasteiger partial charge in [-0.2, -0.15) is 10.5 Å². The number of furan rings is 1. The molecule has 2 saturated heterocycles. The number of benzene rings is 1. The van der Waals surface area contributed by atoms with Crippen LogP contribution >= 0.6 is 0 Å². The molecule has 3 heterocycles. The van der Waals surface area contributed by atoms with Crippen molar-refractivity contribution in [3.8, 4) is 12.1 Å². The zero-order chi connectivity index (χ0) is 22.7. The van der Waals surface area contributed by atoms with Gasteiger partial charge >= 0.3 is 0 Å². The van der Waals surface area contributed by atoms with E-state index in [1.54, 1.807) is 17.0 Å². The number of carbonyl (C=O) groups is 2. The Morgan fingerprint density at radius 3 is 2.72 bits per heavy atom. The van der Waals surface area contributed by atoms with Gasteiger partial charge in [0.25, 0.3) is 0 Å². The second kappa shape index (κ2) is 9.11. The van der Waals surface area contributed by atoms with Gasteiger partial charge in [-0.15, -0.1) is 0 Å². The number of nitriles is 2. The van der Waals surface area contributed by atoms with Crippen molar-refractivity contribution in [3.63, 3.8) is 0 Å². The van der Waals surface area contributed by atoms with E-state index in [1.165, 1.54) is 4.90 Å². The molecule has 1 aromatic heterocycles. The van der Waals surface area contributed by atoms with E-state index in [-0.39, 0.29) is 24.2 Å². The van der Waals surface area contributed by atoms with Gasteiger partial charge in [0.1, 0.15) is 23.2 Å². The van der Waals surface area contributed by atoms with E-state index in [0.29, 0.717) is 18.7 Å². The summed E-state index contributed by atoms with van der Waals surface area (Å²) >= 11 is 0. The summed E-state index contributed by atoms with van der Waals surface area (Å²) in [5.41, 5.74) is 1.37. The van der Waals surface area contributed by atoms with Crippen LogP contribution in [0.3, 0.4) is 0 Å². The third-order valence-corrected chi connectivity index (χ3v) is 5.79. The molecule has 0 spiro atoms. The summed E-state index contributed by atoms with van der Waals surface area (Å²) < 4.78 is 5.58. The molecule has 4 rings (SSSR count). The van der Waals surface area contributed by atoms with Crippen molar-refractivity contribution in [2.24, 2.45) is 10.9 Å². The summed E-state index contributed by atoms with van der Waals surface area (Å²) in [6.07, 6.45) is 2.42. The number of amidine groups is 1. The molecule has 164 valence electrons. The topological polar surface area (TPSA) is 126 Å². The molecular formula is C23H24N6O3. The molecule has 0 radical (unpaired) electrons. The first-order valence-corrected chi connectivity index (χ1v) is 10.7. The summed E-state index contributed by atoms with van der Waals surface area (Å²) in [7, 11) is 0. The largest absolute Gasteiger partial charge is 0.461 e. The number of aryl methyl sites for hydroxylation is 1. The molecule has 2 amide bonds. The lowest BCUT2D eigenvalue weighted by Gasteiger charge is -2.21. The van der Waals surface area contributed by atoms with Crippen LogP contribution in [0, 0.1) is 35.5 Å². The monoisotopic (exact) mass is 432 g/mol. The highest BCUT2D eigenvalue weighted by molar-refractivity contribution is 6.03. The number of likely N-dealkylation sites (tertiary alicyclic amines) is 2. The van der Waals surface area contributed by atoms with E-state index in [0.717, 1.165) is 42.7 Å². The van der Waals surface area contributed by atoms with Crippen molar-refractivity contribution >= 4 is 34.3 Å². The average molecular weight is 432 g/mol. The summed E-state index contributed by atoms with van der Waals surface area (Å²) in [6.45, 7) is 3.80. The van der Waals surface area contributed by atoms with E-state index in [2.05, 4.69) is 10.3 Å². The van der Waals surface area contributed by atoms with Crippen LogP contribution in [0.5, 0.6) is 0 Å². The van der Waals surface area contributed by atoms with Gasteiger partial charge < -0.3 is 19.5 Å². The maximum absolute atomic E-state index is 12.9. The Kier molecular flexibility index (Phi) is 6.09. The minimum atomic E-state index is -1.15. The average Bonchev–Trinajstić information content (AvgIpc) is 3.50. The van der Waals surface area contributed by atoms with E-state index < -0.39 is 12.0 Å². The van der Waals surface area contributed by atoms with Gasteiger partial charge in [-0.1, -0.05) is 0 Å². The van der Waals surface area contributed by atoms with Gasteiger partial charge in [0, 0.05) is 30.7 Å². The van der Waals surface area contributed by atoms with Crippen molar-refractivity contribution in [2.45, 2.75) is 32.2 Å². The Balaban J connectivity index is 1.51. The summed E-state index contributed by atoms with van der Waals surface area (Å²) in [5.74, 6) is -0.551. The molecule has 1 N–H and O–H groups in total. The molecule has 2 aliphatic rings. The SMILES string of the molecule is Cc1cc2cc(NC(=N[C@H]3CCN(CC(=O)N4CCCC4)C3=O)C(C#N)C#N)ccc2o1. The molecule has 9 heteroatoms. The van der Waals surface area contributed by atoms with E-state index in [9.17, 15) is 20.1 Å². The smallest absolute Gasteiger partial charge is 0.247 e. The number of hydrogen-bond donors (Lipinski definition) is 1. The van der Waals surface area contributed by atoms with Gasteiger partial charge in [0.05, 0.1) is 18.7 Å². The van der Waals surface area contributed by atoms with Crippen molar-refractivity contribution in [1.82, 2.24) is 9.80 Å². The van der Waals surface area contributed by atoms with Crippen molar-refractivity contribution in [3.05, 3.63) is 30.0 Å². The minimum absolute atomic E-state index is 0.0457. The Hall–Kier alpha value is -3.85. The second-order valence-electron chi connectivity index (χ2n) is 8.09. The van der Waals surface area contributed by atoms with Crippen LogP contribution in [0.4, 0.5) is 5.69 Å². The first-order chi connectivity index (χ1) is 15.5. The van der Waals surface area contributed by atoms with Gasteiger partial charge in [0.15, 0.2) is 5.92 Å². The first kappa shape index (κ1) is 21.4. The van der Waals surface area contributed by atoms with Crippen LogP contribution in [0.15, 0.2) is 33.7 Å². The van der Waals surface area contributed by atoms with E-state index >= 15 is 0 Å². The number of amides is 2. The van der Waals surface area contributed by atoms with Crippen molar-refractivity contribution < 1.29 is 14.0 Å². The molecule has 32 heavy (non-hydrogen) atoms. The number of nitrogens with zero attached hydrogens (tertiary/aromatic N) is 5. The first-order valence-electron chi connectivity index (χ1n) is 10.7. The fraction of sp³-hybridized carbons (Fsp3) is 0.435. The predicted molar refractivity (Wildman–Crippen MR) is 118 cm³/mol. The third-order valence-electron chi connectivity index (χ3n) is 5.79. The lowest BCUT2D eigenvalue weighted by molar-refractivity contribution is -0.138. The van der Waals surface area contributed by atoms with Crippen LogP contribution in [-0.4, -0.2) is 59.7 Å². The molecule has 0 saturated carbocycles. The van der Waals surface area contributed by atoms with Gasteiger partial charge in [0.2, 0.25) is 11.8 Å². The number of carbonyl (C=O) groups excluding carboxylic acids is 2. The molecule has 2 aliphatic heterocycles. The number of hydrogen-bond acceptors (Lipinski definition) is 6. The molecule has 0 unspecified atom stereocenters. The highest BCUT2D eigenvalue weighted by Gasteiger charge is 2.34. The summed E-state index contributed by atoms with van der Waals surface area (Å²) in [6, 6.07) is 10.4. The van der Waals surface area contributed by atoms with E-state index in [4.69, 9.17) is 4.42 Å². The van der Waals surface area contributed by atoms with Gasteiger partial charge in [-0.05, 0) is 50.5 Å². The molecule has 2 fully saturated rings. The van der Waals surface area contributed by atoms with Crippen LogP contribution < -0.4 is 5.32 Å². The lowest BCUT2D eigenvalue weighted by atomic mass is 10.1. The Morgan fingerprint density at radius 1 is 1.25 bits per heavy atom. The van der Waals surface area contributed by atoms with Crippen molar-refractivity contribution in [2.75, 3.05) is 31.5 Å². The van der Waals surface area contributed by atoms with Crippen LogP contribution in [0.2, 0.25) is 0 Å². The fourth-order valence-electron chi connectivity index (χ4n) is 4.13. The molecule has 0 aliphatic carbocycles. The summed E-state index contributed by atoms with van der Waals surface area (Å²) in [4.78, 5) is 33.0. The Labute approximate surface area is 185 Å². The quantitative estimate of drug-likeness (QED) is 0.571. The molecule has 2 aromatic rings. The lowest BCUT2D eigenvalue weighted by Crippen LogP contribution is -2.40. The zero-order valence-corrected chi connectivity index (χ0v) is 17.9. The zero-order valence-electron chi connectivity index (χ0n) is 17.9. The standard InChI is InChI=1S/C23H24N6O3/c1-15-10-16-11-18(4-5-20(16)32-15)26-22(17(12-24)13-25)27-19-6-9-29(23(19)31)14-21(30)28-7-2-3-8-28/h4-5,10-11,17,19H,2-3,6-9,14H2,1H3,(H,26,27)/t19-/m0/s1. The number of nitrogens with one attached hydrogen (secondary N) is 1. The highest BCUT2D eigenvalue weighted by atomic mass is 16.3. The Morgan fingerprint density at radius 2 is 2.00 bits per heavy atom. The fourth-order valence-corrected chi connectivity index (χ4v) is 4.13. The maximum Gasteiger partial charge on any atom is 0.247 e. The molecule has 1 atom stereocenters. The van der Waals surface area contributed by atoms with Gasteiger partial charge in [-0.25, -0.2) is 0 Å². The van der Waals surface area contributed by atoms with Crippen LogP contribution in [-0.2, 0) is 9.59 Å². The second-order valence-corrected chi connectivity index (χ2v) is 8.09. The predicted octanol–water partition coefficient (Wildman–Crippen LogP) is 2.44. The normalized spacial score (nSPS) is 18.9. The molecular weight excluding hydrogens is 408 g/mol. The van der Waals surface area contributed by atoms with Crippen LogP contribution in [0.25, 0.3) is 11.0 Å².